The normalized spacial score (nSPS) is 12.0. The average Bonchev–Trinajstić information content (AvgIpc) is 2.92. The molecule has 1 aromatic heterocycles. The van der Waals surface area contributed by atoms with E-state index in [2.05, 4.69) is 34.8 Å². The molecule has 1 rings (SSSR count). The lowest BCUT2D eigenvalue weighted by atomic mass is 10.3. The first-order chi connectivity index (χ1) is 10.2. The molecule has 21 heavy (non-hydrogen) atoms. The lowest BCUT2D eigenvalue weighted by Gasteiger charge is -2.27. The van der Waals surface area contributed by atoms with Gasteiger partial charge in [-0.2, -0.15) is 0 Å². The highest BCUT2D eigenvalue weighted by atomic mass is 28.4. The Morgan fingerprint density at radius 3 is 2.14 bits per heavy atom. The van der Waals surface area contributed by atoms with Gasteiger partial charge in [-0.3, -0.25) is 0 Å². The van der Waals surface area contributed by atoms with Crippen LogP contribution in [0.4, 0.5) is 0 Å². The van der Waals surface area contributed by atoms with Crippen LogP contribution in [0.3, 0.4) is 0 Å². The van der Waals surface area contributed by atoms with Crippen LogP contribution in [0.25, 0.3) is 0 Å². The Balaban J connectivity index is 2.60. The number of imidazole rings is 1. The third kappa shape index (κ3) is 6.30. The molecule has 0 amide bonds. The van der Waals surface area contributed by atoms with Crippen LogP contribution in [0.15, 0.2) is 18.7 Å². The van der Waals surface area contributed by atoms with Crippen molar-refractivity contribution < 1.29 is 17.8 Å². The predicted molar refractivity (Wildman–Crippen MR) is 85.0 cm³/mol. The molecule has 0 bridgehead atoms. The van der Waals surface area contributed by atoms with Crippen LogP contribution < -0.4 is 4.57 Å². The van der Waals surface area contributed by atoms with Gasteiger partial charge < -0.3 is 13.3 Å². The largest absolute Gasteiger partial charge is 0.504 e. The third-order valence-corrected chi connectivity index (χ3v) is 6.31. The molecule has 0 aromatic carbocycles. The summed E-state index contributed by atoms with van der Waals surface area (Å²) in [6.45, 7) is 12.0. The SMILES string of the molecule is CCCC[n+]1ccn(CC[Si](OCC)(OCC)OCC)c1. The summed E-state index contributed by atoms with van der Waals surface area (Å²) in [6, 6.07) is 0.810. The molecule has 0 spiro atoms. The van der Waals surface area contributed by atoms with E-state index in [1.165, 1.54) is 12.8 Å². The van der Waals surface area contributed by atoms with Gasteiger partial charge in [-0.15, -0.1) is 0 Å². The highest BCUT2D eigenvalue weighted by molar-refractivity contribution is 6.60. The van der Waals surface area contributed by atoms with Gasteiger partial charge in [0.15, 0.2) is 0 Å². The van der Waals surface area contributed by atoms with E-state index in [4.69, 9.17) is 13.3 Å². The third-order valence-electron chi connectivity index (χ3n) is 3.29. The van der Waals surface area contributed by atoms with E-state index in [9.17, 15) is 0 Å². The standard InChI is InChI=1S/C15H31N2O3Si/c1-5-9-10-16-11-12-17(15-16)13-14-21(18-6-2,19-7-3)20-8-4/h11-12,15H,5-10,13-14H2,1-4H3/q+1. The summed E-state index contributed by atoms with van der Waals surface area (Å²) in [5.41, 5.74) is 0. The van der Waals surface area contributed by atoms with Crippen molar-refractivity contribution in [1.29, 1.82) is 0 Å². The lowest BCUT2D eigenvalue weighted by Crippen LogP contribution is -2.46. The van der Waals surface area contributed by atoms with Gasteiger partial charge in [0.2, 0.25) is 6.33 Å². The van der Waals surface area contributed by atoms with E-state index in [-0.39, 0.29) is 0 Å². The molecule has 0 unspecified atom stereocenters. The topological polar surface area (TPSA) is 36.5 Å². The molecule has 0 aliphatic rings. The summed E-state index contributed by atoms with van der Waals surface area (Å²) >= 11 is 0. The Morgan fingerprint density at radius 2 is 1.62 bits per heavy atom. The Hall–Kier alpha value is -0.693. The van der Waals surface area contributed by atoms with Crippen LogP contribution >= 0.6 is 0 Å². The van der Waals surface area contributed by atoms with Gasteiger partial charge in [0.05, 0.1) is 19.1 Å². The zero-order valence-corrected chi connectivity index (χ0v) is 15.0. The lowest BCUT2D eigenvalue weighted by molar-refractivity contribution is -0.696. The van der Waals surface area contributed by atoms with Crippen LogP contribution in [-0.2, 0) is 26.4 Å². The van der Waals surface area contributed by atoms with Crippen LogP contribution in [0.2, 0.25) is 6.04 Å². The van der Waals surface area contributed by atoms with Crippen LogP contribution in [0, 0.1) is 0 Å². The maximum absolute atomic E-state index is 5.88. The van der Waals surface area contributed by atoms with E-state index >= 15 is 0 Å². The number of nitrogens with zero attached hydrogens (tertiary/aromatic N) is 2. The molecule has 122 valence electrons. The van der Waals surface area contributed by atoms with Gasteiger partial charge >= 0.3 is 8.80 Å². The van der Waals surface area contributed by atoms with Crippen molar-refractivity contribution >= 4 is 8.80 Å². The average molecular weight is 316 g/mol. The molecule has 0 aliphatic carbocycles. The molecular formula is C15H31N2O3Si+. The number of aryl methyl sites for hydroxylation is 2. The summed E-state index contributed by atoms with van der Waals surface area (Å²) in [4.78, 5) is 0. The van der Waals surface area contributed by atoms with Crippen LogP contribution in [0.1, 0.15) is 40.5 Å². The first-order valence-corrected chi connectivity index (χ1v) is 10.1. The molecular weight excluding hydrogens is 284 g/mol. The van der Waals surface area contributed by atoms with Gasteiger partial charge in [0.25, 0.3) is 0 Å². The summed E-state index contributed by atoms with van der Waals surface area (Å²) in [6.07, 6.45) is 8.82. The Morgan fingerprint density at radius 1 is 1.00 bits per heavy atom. The maximum Gasteiger partial charge on any atom is 0.504 e. The van der Waals surface area contributed by atoms with Gasteiger partial charge in [-0.1, -0.05) is 13.3 Å². The molecule has 0 atom stereocenters. The summed E-state index contributed by atoms with van der Waals surface area (Å²) in [7, 11) is -2.52. The van der Waals surface area contributed by atoms with Crippen LogP contribution in [-0.4, -0.2) is 33.2 Å². The molecule has 1 aromatic rings. The van der Waals surface area contributed by atoms with Crippen molar-refractivity contribution in [2.45, 2.75) is 59.7 Å². The van der Waals surface area contributed by atoms with Crippen molar-refractivity contribution in [2.24, 2.45) is 0 Å². The molecule has 0 aliphatic heterocycles. The molecule has 0 saturated carbocycles. The molecule has 0 N–H and O–H groups in total. The van der Waals surface area contributed by atoms with E-state index in [1.54, 1.807) is 0 Å². The minimum Gasteiger partial charge on any atom is -0.374 e. The van der Waals surface area contributed by atoms with Gasteiger partial charge in [0, 0.05) is 19.8 Å². The number of rotatable bonds is 12. The Bertz CT molecular complexity index is 368. The predicted octanol–water partition coefficient (Wildman–Crippen LogP) is 2.62. The van der Waals surface area contributed by atoms with Gasteiger partial charge in [-0.25, -0.2) is 9.13 Å². The molecule has 1 heterocycles. The van der Waals surface area contributed by atoms with Gasteiger partial charge in [0.1, 0.15) is 12.4 Å². The highest BCUT2D eigenvalue weighted by Gasteiger charge is 2.40. The fourth-order valence-electron chi connectivity index (χ4n) is 2.31. The van der Waals surface area contributed by atoms with Crippen molar-refractivity contribution in [2.75, 3.05) is 19.8 Å². The van der Waals surface area contributed by atoms with Crippen molar-refractivity contribution in [3.8, 4) is 0 Å². The second-order valence-corrected chi connectivity index (χ2v) is 7.71. The summed E-state index contributed by atoms with van der Waals surface area (Å²) in [5.74, 6) is 0. The first-order valence-electron chi connectivity index (χ1n) is 8.16. The molecule has 5 nitrogen and oxygen atoms in total. The van der Waals surface area contributed by atoms with Crippen molar-refractivity contribution in [3.05, 3.63) is 18.7 Å². The van der Waals surface area contributed by atoms with E-state index in [1.807, 2.05) is 20.8 Å². The number of hydrogen-bond donors (Lipinski definition) is 0. The molecule has 0 fully saturated rings. The minimum atomic E-state index is -2.52. The zero-order chi connectivity index (χ0) is 15.6. The fraction of sp³-hybridized carbons (Fsp3) is 0.800. The zero-order valence-electron chi connectivity index (χ0n) is 14.0. The van der Waals surface area contributed by atoms with E-state index in [0.717, 1.165) is 19.1 Å². The number of unbranched alkanes of at least 4 members (excludes halogenated alkanes) is 1. The Kier molecular flexibility index (Phi) is 8.83. The molecule has 6 heteroatoms. The molecule has 0 radical (unpaired) electrons. The Labute approximate surface area is 130 Å². The molecule has 0 saturated heterocycles. The number of aromatic nitrogens is 2. The maximum atomic E-state index is 5.88. The highest BCUT2D eigenvalue weighted by Crippen LogP contribution is 2.17. The minimum absolute atomic E-state index is 0.633. The smallest absolute Gasteiger partial charge is 0.374 e. The van der Waals surface area contributed by atoms with Gasteiger partial charge in [-0.05, 0) is 27.2 Å². The van der Waals surface area contributed by atoms with Crippen LogP contribution in [0.5, 0.6) is 0 Å². The van der Waals surface area contributed by atoms with Crippen molar-refractivity contribution in [1.82, 2.24) is 4.57 Å². The fourth-order valence-corrected chi connectivity index (χ4v) is 4.85. The van der Waals surface area contributed by atoms with E-state index < -0.39 is 8.80 Å². The first kappa shape index (κ1) is 18.4. The second kappa shape index (κ2) is 10.1. The quantitative estimate of drug-likeness (QED) is 0.439. The summed E-state index contributed by atoms with van der Waals surface area (Å²) in [5, 5.41) is 0. The van der Waals surface area contributed by atoms with Crippen molar-refractivity contribution in [3.63, 3.8) is 0 Å². The monoisotopic (exact) mass is 315 g/mol. The summed E-state index contributed by atoms with van der Waals surface area (Å²) < 4.78 is 22.1. The van der Waals surface area contributed by atoms with E-state index in [0.29, 0.717) is 19.8 Å². The number of hydrogen-bond acceptors (Lipinski definition) is 3. The second-order valence-electron chi connectivity index (χ2n) is 4.97.